The molecule has 0 aromatic heterocycles. The Morgan fingerprint density at radius 1 is 1.09 bits per heavy atom. The van der Waals surface area contributed by atoms with Gasteiger partial charge in [0.2, 0.25) is 0 Å². The highest BCUT2D eigenvalue weighted by molar-refractivity contribution is 6.33. The van der Waals surface area contributed by atoms with Crippen LogP contribution in [0.5, 0.6) is 0 Å². The van der Waals surface area contributed by atoms with E-state index in [9.17, 15) is 20.2 Å². The van der Waals surface area contributed by atoms with E-state index in [0.717, 1.165) is 5.56 Å². The van der Waals surface area contributed by atoms with Gasteiger partial charge in [-0.1, -0.05) is 35.3 Å². The molecule has 0 bridgehead atoms. The van der Waals surface area contributed by atoms with E-state index in [1.807, 2.05) is 0 Å². The summed E-state index contributed by atoms with van der Waals surface area (Å²) in [6.45, 7) is 3.25. The maximum atomic E-state index is 11.4. The molecular formula is C15H12Cl2N2O4. The van der Waals surface area contributed by atoms with Crippen molar-refractivity contribution in [3.63, 3.8) is 0 Å². The van der Waals surface area contributed by atoms with Gasteiger partial charge in [0.25, 0.3) is 11.4 Å². The van der Waals surface area contributed by atoms with Gasteiger partial charge in [0.1, 0.15) is 10.6 Å². The number of aryl methyl sites for hydroxylation is 1. The number of nitro benzene ring substituents is 2. The Kier molecular flexibility index (Phi) is 4.87. The molecule has 0 saturated heterocycles. The molecule has 2 rings (SSSR count). The van der Waals surface area contributed by atoms with Gasteiger partial charge in [-0.25, -0.2) is 0 Å². The average Bonchev–Trinajstić information content (AvgIpc) is 2.46. The topological polar surface area (TPSA) is 86.3 Å². The number of halogens is 2. The van der Waals surface area contributed by atoms with E-state index in [2.05, 4.69) is 0 Å². The molecule has 120 valence electrons. The van der Waals surface area contributed by atoms with Crippen LogP contribution in [0.3, 0.4) is 0 Å². The van der Waals surface area contributed by atoms with Gasteiger partial charge in [0.15, 0.2) is 0 Å². The van der Waals surface area contributed by atoms with E-state index in [1.165, 1.54) is 13.0 Å². The van der Waals surface area contributed by atoms with Gasteiger partial charge in [-0.2, -0.15) is 0 Å². The van der Waals surface area contributed by atoms with Crippen molar-refractivity contribution in [3.05, 3.63) is 76.8 Å². The van der Waals surface area contributed by atoms with Crippen molar-refractivity contribution in [1.29, 1.82) is 0 Å². The third-order valence-electron chi connectivity index (χ3n) is 3.63. The van der Waals surface area contributed by atoms with Crippen LogP contribution in [0.25, 0.3) is 0 Å². The molecule has 0 unspecified atom stereocenters. The molecule has 0 aliphatic carbocycles. The standard InChI is InChI=1S/C15H12Cl2N2O4/c1-8-6-13(18(20)21)11(15(14(8)17)19(22)23)7-10-4-3-5-12(16)9(10)2/h3-6H,7H2,1-2H3. The fourth-order valence-electron chi connectivity index (χ4n) is 2.36. The molecular weight excluding hydrogens is 343 g/mol. The van der Waals surface area contributed by atoms with Gasteiger partial charge in [-0.3, -0.25) is 20.2 Å². The molecule has 0 N–H and O–H groups in total. The second-order valence-corrected chi connectivity index (χ2v) is 5.85. The summed E-state index contributed by atoms with van der Waals surface area (Å²) in [6, 6.07) is 6.36. The molecule has 0 amide bonds. The summed E-state index contributed by atoms with van der Waals surface area (Å²) in [5, 5.41) is 23.1. The molecule has 0 heterocycles. The lowest BCUT2D eigenvalue weighted by Crippen LogP contribution is -2.05. The Morgan fingerprint density at radius 3 is 2.30 bits per heavy atom. The van der Waals surface area contributed by atoms with Crippen molar-refractivity contribution in [2.75, 3.05) is 0 Å². The van der Waals surface area contributed by atoms with Crippen molar-refractivity contribution < 1.29 is 9.85 Å². The average molecular weight is 355 g/mol. The number of rotatable bonds is 4. The van der Waals surface area contributed by atoms with E-state index >= 15 is 0 Å². The minimum absolute atomic E-state index is 0.000972. The van der Waals surface area contributed by atoms with Crippen molar-refractivity contribution >= 4 is 34.6 Å². The van der Waals surface area contributed by atoms with Crippen LogP contribution in [0.15, 0.2) is 24.3 Å². The summed E-state index contributed by atoms with van der Waals surface area (Å²) in [4.78, 5) is 21.4. The van der Waals surface area contributed by atoms with Crippen LogP contribution in [-0.4, -0.2) is 9.85 Å². The SMILES string of the molecule is Cc1cc([N+](=O)[O-])c(Cc2cccc(Cl)c2C)c([N+](=O)[O-])c1Cl. The molecule has 0 saturated carbocycles. The molecule has 23 heavy (non-hydrogen) atoms. The highest BCUT2D eigenvalue weighted by Crippen LogP contribution is 2.39. The Bertz CT molecular complexity index is 822. The van der Waals surface area contributed by atoms with Crippen LogP contribution >= 0.6 is 23.2 Å². The molecule has 2 aromatic rings. The second kappa shape index (κ2) is 6.52. The van der Waals surface area contributed by atoms with Crippen LogP contribution in [0.2, 0.25) is 10.0 Å². The first kappa shape index (κ1) is 17.2. The van der Waals surface area contributed by atoms with Crippen LogP contribution in [0, 0.1) is 34.1 Å². The Labute approximate surface area is 141 Å². The maximum absolute atomic E-state index is 11.4. The highest BCUT2D eigenvalue weighted by atomic mass is 35.5. The summed E-state index contributed by atoms with van der Waals surface area (Å²) in [7, 11) is 0. The lowest BCUT2D eigenvalue weighted by molar-refractivity contribution is -0.395. The van der Waals surface area contributed by atoms with E-state index < -0.39 is 15.5 Å². The molecule has 2 aromatic carbocycles. The minimum Gasteiger partial charge on any atom is -0.258 e. The number of nitrogens with zero attached hydrogens (tertiary/aromatic N) is 2. The summed E-state index contributed by atoms with van der Waals surface area (Å²) >= 11 is 12.1. The van der Waals surface area contributed by atoms with Crippen molar-refractivity contribution in [2.24, 2.45) is 0 Å². The second-order valence-electron chi connectivity index (χ2n) is 5.07. The van der Waals surface area contributed by atoms with E-state index in [0.29, 0.717) is 10.6 Å². The molecule has 0 aliphatic rings. The first-order chi connectivity index (χ1) is 10.7. The van der Waals surface area contributed by atoms with E-state index in [4.69, 9.17) is 23.2 Å². The maximum Gasteiger partial charge on any atom is 0.298 e. The summed E-state index contributed by atoms with van der Waals surface area (Å²) in [5.41, 5.74) is 0.895. The van der Waals surface area contributed by atoms with Gasteiger partial charge in [-0.05, 0) is 36.6 Å². The largest absolute Gasteiger partial charge is 0.298 e. The molecule has 8 heteroatoms. The lowest BCUT2D eigenvalue weighted by atomic mass is 9.96. The zero-order chi connectivity index (χ0) is 17.3. The van der Waals surface area contributed by atoms with Crippen LogP contribution < -0.4 is 0 Å². The Balaban J connectivity index is 2.73. The van der Waals surface area contributed by atoms with Gasteiger partial charge >= 0.3 is 0 Å². The van der Waals surface area contributed by atoms with Crippen molar-refractivity contribution in [2.45, 2.75) is 20.3 Å². The van der Waals surface area contributed by atoms with Gasteiger partial charge in [0.05, 0.1) is 9.85 Å². The summed E-state index contributed by atoms with van der Waals surface area (Å²) in [5.74, 6) is 0. The van der Waals surface area contributed by atoms with E-state index in [1.54, 1.807) is 25.1 Å². The number of hydrogen-bond acceptors (Lipinski definition) is 4. The third-order valence-corrected chi connectivity index (χ3v) is 4.52. The molecule has 0 atom stereocenters. The number of benzene rings is 2. The van der Waals surface area contributed by atoms with Crippen LogP contribution in [0.1, 0.15) is 22.3 Å². The van der Waals surface area contributed by atoms with Crippen molar-refractivity contribution in [3.8, 4) is 0 Å². The van der Waals surface area contributed by atoms with Crippen LogP contribution in [0.4, 0.5) is 11.4 Å². The predicted octanol–water partition coefficient (Wildman–Crippen LogP) is 5.02. The fourth-order valence-corrected chi connectivity index (χ4v) is 2.79. The highest BCUT2D eigenvalue weighted by Gasteiger charge is 2.30. The van der Waals surface area contributed by atoms with Gasteiger partial charge < -0.3 is 0 Å². The zero-order valence-electron chi connectivity index (χ0n) is 12.3. The monoisotopic (exact) mass is 354 g/mol. The molecule has 6 nitrogen and oxygen atoms in total. The Hall–Kier alpha value is -2.18. The smallest absolute Gasteiger partial charge is 0.258 e. The normalized spacial score (nSPS) is 10.6. The lowest BCUT2D eigenvalue weighted by Gasteiger charge is -2.10. The minimum atomic E-state index is -0.683. The first-order valence-electron chi connectivity index (χ1n) is 6.58. The van der Waals surface area contributed by atoms with Gasteiger partial charge in [-0.15, -0.1) is 0 Å². The fraction of sp³-hybridized carbons (Fsp3) is 0.200. The number of nitro groups is 2. The number of hydrogen-bond donors (Lipinski definition) is 0. The molecule has 0 radical (unpaired) electrons. The predicted molar refractivity (Wildman–Crippen MR) is 88.5 cm³/mol. The third kappa shape index (κ3) is 3.28. The quantitative estimate of drug-likeness (QED) is 0.569. The Morgan fingerprint density at radius 2 is 1.74 bits per heavy atom. The van der Waals surface area contributed by atoms with E-state index in [-0.39, 0.29) is 28.3 Å². The molecule has 0 fully saturated rings. The first-order valence-corrected chi connectivity index (χ1v) is 7.34. The summed E-state index contributed by atoms with van der Waals surface area (Å²) < 4.78 is 0. The van der Waals surface area contributed by atoms with Gasteiger partial charge in [0, 0.05) is 17.5 Å². The molecule has 0 aliphatic heterocycles. The summed E-state index contributed by atoms with van der Waals surface area (Å²) in [6.07, 6.45) is -0.000972. The molecule has 0 spiro atoms. The zero-order valence-corrected chi connectivity index (χ0v) is 13.8. The van der Waals surface area contributed by atoms with Crippen LogP contribution in [-0.2, 0) is 6.42 Å². The van der Waals surface area contributed by atoms with Crippen molar-refractivity contribution in [1.82, 2.24) is 0 Å².